The number of hydrogen-bond acceptors (Lipinski definition) is 8. The molecule has 5 rings (SSSR count). The Balaban J connectivity index is 1.44. The van der Waals surface area contributed by atoms with Gasteiger partial charge < -0.3 is 38.2 Å². The van der Waals surface area contributed by atoms with Crippen LogP contribution in [0.4, 0.5) is 5.69 Å². The van der Waals surface area contributed by atoms with Crippen LogP contribution in [0.1, 0.15) is 49.7 Å². The molecule has 11 nitrogen and oxygen atoms in total. The largest absolute Gasteiger partial charge is 0.493 e. The van der Waals surface area contributed by atoms with Crippen LogP contribution >= 0.6 is 0 Å². The van der Waals surface area contributed by atoms with Crippen LogP contribution in [0.5, 0.6) is 17.2 Å². The number of nitrogens with zero attached hydrogens (tertiary/aromatic N) is 3. The van der Waals surface area contributed by atoms with Crippen LogP contribution in [0.2, 0.25) is 0 Å². The van der Waals surface area contributed by atoms with Gasteiger partial charge in [-0.3, -0.25) is 14.5 Å². The van der Waals surface area contributed by atoms with Gasteiger partial charge in [-0.1, -0.05) is 25.5 Å². The number of amides is 1. The van der Waals surface area contributed by atoms with Crippen LogP contribution in [0.15, 0.2) is 36.4 Å². The number of anilines is 1. The molecule has 2 aromatic carbocycles. The van der Waals surface area contributed by atoms with Crippen molar-refractivity contribution in [2.24, 2.45) is 5.92 Å². The van der Waals surface area contributed by atoms with Gasteiger partial charge >= 0.3 is 5.97 Å². The fourth-order valence-corrected chi connectivity index (χ4v) is 6.78. The molecular formula is C34H48N3O8+. The molecule has 0 aromatic heterocycles. The average molecular weight is 627 g/mol. The van der Waals surface area contributed by atoms with E-state index in [2.05, 4.69) is 40.2 Å². The molecule has 3 atom stereocenters. The number of methoxy groups -OCH3 is 1. The monoisotopic (exact) mass is 626 g/mol. The van der Waals surface area contributed by atoms with Gasteiger partial charge in [0.15, 0.2) is 17.8 Å². The lowest BCUT2D eigenvalue weighted by Gasteiger charge is -2.30. The minimum absolute atomic E-state index is 0.0442. The summed E-state index contributed by atoms with van der Waals surface area (Å²) in [5.74, 6) is -0.552. The number of carbonyl (C=O) groups is 2. The molecule has 0 aliphatic carbocycles. The van der Waals surface area contributed by atoms with Crippen LogP contribution in [-0.2, 0) is 25.6 Å². The summed E-state index contributed by atoms with van der Waals surface area (Å²) >= 11 is 0. The Kier molecular flexibility index (Phi) is 10.5. The third kappa shape index (κ3) is 7.89. The highest BCUT2D eigenvalue weighted by molar-refractivity contribution is 5.95. The summed E-state index contributed by atoms with van der Waals surface area (Å²) in [4.78, 5) is 31.1. The van der Waals surface area contributed by atoms with Crippen molar-refractivity contribution in [3.8, 4) is 17.2 Å². The summed E-state index contributed by atoms with van der Waals surface area (Å²) in [6.07, 6.45) is 2.50. The van der Waals surface area contributed by atoms with E-state index in [0.717, 1.165) is 40.7 Å². The van der Waals surface area contributed by atoms with Gasteiger partial charge in [0.2, 0.25) is 18.4 Å². The van der Waals surface area contributed by atoms with E-state index in [1.54, 1.807) is 7.11 Å². The zero-order valence-corrected chi connectivity index (χ0v) is 27.2. The molecule has 11 heteroatoms. The Bertz CT molecular complexity index is 1340. The SMILES string of the molecule is CCCCN(C(=O)CN1C[C@H](c2cc(OC)c3c(c2)OCO3)C(C(=O)O)[C@@H]1CCC1OCCO1)c1cccc(C[N+](C)(C)C)c1. The van der Waals surface area contributed by atoms with Gasteiger partial charge in [0.25, 0.3) is 0 Å². The Labute approximate surface area is 266 Å². The molecule has 0 saturated carbocycles. The summed E-state index contributed by atoms with van der Waals surface area (Å²) in [5, 5.41) is 10.6. The number of carboxylic acids is 1. The maximum Gasteiger partial charge on any atom is 0.308 e. The molecular weight excluding hydrogens is 578 g/mol. The summed E-state index contributed by atoms with van der Waals surface area (Å²) in [5.41, 5.74) is 2.81. The number of carboxylic acid groups (broad SMARTS) is 1. The molecule has 2 aromatic rings. The molecule has 0 spiro atoms. The van der Waals surface area contributed by atoms with Gasteiger partial charge in [-0.2, -0.15) is 0 Å². The lowest BCUT2D eigenvalue weighted by molar-refractivity contribution is -0.884. The zero-order chi connectivity index (χ0) is 32.1. The number of carbonyl (C=O) groups excluding carboxylic acids is 1. The molecule has 0 bridgehead atoms. The number of aliphatic carboxylic acids is 1. The van der Waals surface area contributed by atoms with Crippen LogP contribution in [-0.4, -0.2) is 107 Å². The van der Waals surface area contributed by atoms with Gasteiger partial charge in [0, 0.05) is 36.3 Å². The van der Waals surface area contributed by atoms with Crippen LogP contribution in [0.25, 0.3) is 0 Å². The minimum atomic E-state index is -0.902. The lowest BCUT2D eigenvalue weighted by atomic mass is 9.83. The number of fused-ring (bicyclic) bond motifs is 1. The lowest BCUT2D eigenvalue weighted by Crippen LogP contribution is -2.45. The van der Waals surface area contributed by atoms with Crippen LogP contribution in [0, 0.1) is 5.92 Å². The Morgan fingerprint density at radius 3 is 2.56 bits per heavy atom. The molecule has 2 saturated heterocycles. The molecule has 1 unspecified atom stereocenters. The first-order valence-corrected chi connectivity index (χ1v) is 15.9. The molecule has 1 N–H and O–H groups in total. The van der Waals surface area contributed by atoms with E-state index >= 15 is 0 Å². The Morgan fingerprint density at radius 2 is 1.87 bits per heavy atom. The molecule has 0 radical (unpaired) electrons. The normalized spacial score (nSPS) is 21.8. The maximum absolute atomic E-state index is 14.2. The van der Waals surface area contributed by atoms with Gasteiger partial charge in [-0.15, -0.1) is 0 Å². The third-order valence-corrected chi connectivity index (χ3v) is 8.79. The molecule has 246 valence electrons. The Hall–Kier alpha value is -3.38. The van der Waals surface area contributed by atoms with E-state index in [-0.39, 0.29) is 25.5 Å². The summed E-state index contributed by atoms with van der Waals surface area (Å²) in [6, 6.07) is 11.5. The van der Waals surface area contributed by atoms with Crippen molar-refractivity contribution >= 4 is 17.6 Å². The van der Waals surface area contributed by atoms with Crippen molar-refractivity contribution in [1.82, 2.24) is 4.90 Å². The number of ether oxygens (including phenoxy) is 5. The highest BCUT2D eigenvalue weighted by Crippen LogP contribution is 2.47. The van der Waals surface area contributed by atoms with Gasteiger partial charge in [-0.05, 0) is 49.1 Å². The molecule has 45 heavy (non-hydrogen) atoms. The number of likely N-dealkylation sites (tertiary alicyclic amines) is 1. The van der Waals surface area contributed by atoms with Crippen molar-refractivity contribution in [1.29, 1.82) is 0 Å². The number of benzene rings is 2. The minimum Gasteiger partial charge on any atom is -0.493 e. The van der Waals surface area contributed by atoms with Crippen LogP contribution < -0.4 is 19.1 Å². The van der Waals surface area contributed by atoms with Gasteiger partial charge in [0.1, 0.15) is 6.54 Å². The maximum atomic E-state index is 14.2. The van der Waals surface area contributed by atoms with Crippen molar-refractivity contribution in [2.75, 3.05) is 72.8 Å². The van der Waals surface area contributed by atoms with Crippen molar-refractivity contribution in [3.63, 3.8) is 0 Å². The summed E-state index contributed by atoms with van der Waals surface area (Å²) in [7, 11) is 7.99. The number of hydrogen-bond donors (Lipinski definition) is 1. The average Bonchev–Trinajstić information content (AvgIpc) is 3.75. The smallest absolute Gasteiger partial charge is 0.308 e. The number of rotatable bonds is 14. The topological polar surface area (TPSA) is 107 Å². The van der Waals surface area contributed by atoms with E-state index in [9.17, 15) is 14.7 Å². The quantitative estimate of drug-likeness (QED) is 0.311. The fourth-order valence-electron chi connectivity index (χ4n) is 6.78. The third-order valence-electron chi connectivity index (χ3n) is 8.79. The first-order valence-electron chi connectivity index (χ1n) is 15.9. The predicted molar refractivity (Wildman–Crippen MR) is 169 cm³/mol. The van der Waals surface area contributed by atoms with Crippen molar-refractivity contribution in [2.45, 2.75) is 57.4 Å². The molecule has 3 aliphatic rings. The molecule has 1 amide bonds. The molecule has 2 fully saturated rings. The summed E-state index contributed by atoms with van der Waals surface area (Å²) in [6.45, 7) is 5.17. The second-order valence-electron chi connectivity index (χ2n) is 13.2. The highest BCUT2D eigenvalue weighted by Gasteiger charge is 2.48. The summed E-state index contributed by atoms with van der Waals surface area (Å²) < 4.78 is 29.0. The van der Waals surface area contributed by atoms with E-state index < -0.39 is 23.8 Å². The van der Waals surface area contributed by atoms with Gasteiger partial charge in [0.05, 0.1) is 53.9 Å². The molecule has 3 aliphatic heterocycles. The van der Waals surface area contributed by atoms with Crippen LogP contribution in [0.3, 0.4) is 0 Å². The first-order chi connectivity index (χ1) is 21.6. The molecule has 3 heterocycles. The second-order valence-corrected chi connectivity index (χ2v) is 13.2. The number of quaternary nitrogens is 1. The van der Waals surface area contributed by atoms with E-state index in [1.807, 2.05) is 34.1 Å². The van der Waals surface area contributed by atoms with Gasteiger partial charge in [-0.25, -0.2) is 0 Å². The Morgan fingerprint density at radius 1 is 1.09 bits per heavy atom. The zero-order valence-electron chi connectivity index (χ0n) is 27.2. The van der Waals surface area contributed by atoms with Crippen molar-refractivity contribution < 1.29 is 42.9 Å². The van der Waals surface area contributed by atoms with E-state index in [0.29, 0.717) is 56.4 Å². The highest BCUT2D eigenvalue weighted by atomic mass is 16.7. The first kappa shape index (κ1) is 33.0. The van der Waals surface area contributed by atoms with E-state index in [1.165, 1.54) is 0 Å². The second kappa shape index (κ2) is 14.4. The number of unbranched alkanes of at least 4 members (excludes halogenated alkanes) is 1. The standard InChI is InChI=1S/C34H47N3O8/c1-6-7-13-36(25-10-8-9-23(16-25)21-37(2,3)4)30(38)20-35-19-26(24-17-28(41-5)33-29(18-24)44-22-45-33)32(34(39)40)27(35)11-12-31-42-14-15-43-31/h8-10,16-18,26-27,31-32H,6-7,11-15,19-22H2,1-5H3/p+1/t26-,27+,32?/m1/s1. The fraction of sp³-hybridized carbons (Fsp3) is 0.588. The van der Waals surface area contributed by atoms with E-state index in [4.69, 9.17) is 23.7 Å². The van der Waals surface area contributed by atoms with Crippen molar-refractivity contribution in [3.05, 3.63) is 47.5 Å². The predicted octanol–water partition coefficient (Wildman–Crippen LogP) is 4.09.